The van der Waals surface area contributed by atoms with Gasteiger partial charge in [-0.05, 0) is 24.3 Å². The van der Waals surface area contributed by atoms with E-state index in [1.807, 2.05) is 35.2 Å². The molecule has 1 aromatic carbocycles. The number of hydrogen-bond acceptors (Lipinski definition) is 3. The number of amides is 3. The summed E-state index contributed by atoms with van der Waals surface area (Å²) < 4.78 is 0. The smallest absolute Gasteiger partial charge is 0.317 e. The Labute approximate surface area is 167 Å². The first-order valence-corrected chi connectivity index (χ1v) is 10.6. The van der Waals surface area contributed by atoms with Crippen LogP contribution in [0.25, 0.3) is 0 Å². The molecular formula is C22H32N4O2. The summed E-state index contributed by atoms with van der Waals surface area (Å²) in [5, 5.41) is 6.36. The second-order valence-corrected chi connectivity index (χ2v) is 9.10. The van der Waals surface area contributed by atoms with Gasteiger partial charge in [0.05, 0.1) is 5.92 Å². The van der Waals surface area contributed by atoms with E-state index < -0.39 is 0 Å². The first kappa shape index (κ1) is 19.2. The molecule has 3 saturated heterocycles. The average molecular weight is 385 g/mol. The number of carbonyl (C=O) groups is 2. The van der Waals surface area contributed by atoms with E-state index in [1.54, 1.807) is 0 Å². The zero-order chi connectivity index (χ0) is 19.7. The Kier molecular flexibility index (Phi) is 5.32. The molecule has 0 saturated carbocycles. The molecule has 3 heterocycles. The van der Waals surface area contributed by atoms with Gasteiger partial charge in [0, 0.05) is 50.7 Å². The highest BCUT2D eigenvalue weighted by Crippen LogP contribution is 2.44. The lowest BCUT2D eigenvalue weighted by Gasteiger charge is -2.42. The summed E-state index contributed by atoms with van der Waals surface area (Å²) in [7, 11) is 0. The molecule has 0 aliphatic carbocycles. The molecule has 0 aromatic heterocycles. The molecule has 3 fully saturated rings. The van der Waals surface area contributed by atoms with Crippen LogP contribution in [-0.4, -0.2) is 60.0 Å². The highest BCUT2D eigenvalue weighted by atomic mass is 16.2. The molecule has 6 nitrogen and oxygen atoms in total. The fraction of sp³-hybridized carbons (Fsp3) is 0.636. The fourth-order valence-electron chi connectivity index (χ4n) is 5.30. The third-order valence-corrected chi connectivity index (χ3v) is 6.67. The van der Waals surface area contributed by atoms with Gasteiger partial charge in [-0.2, -0.15) is 0 Å². The Morgan fingerprint density at radius 2 is 1.93 bits per heavy atom. The number of benzene rings is 1. The van der Waals surface area contributed by atoms with Gasteiger partial charge < -0.3 is 20.4 Å². The van der Waals surface area contributed by atoms with Crippen molar-refractivity contribution in [2.75, 3.05) is 32.7 Å². The van der Waals surface area contributed by atoms with E-state index in [1.165, 1.54) is 0 Å². The zero-order valence-electron chi connectivity index (χ0n) is 17.0. The molecule has 1 aromatic rings. The minimum atomic E-state index is -0.121. The molecular weight excluding hydrogens is 352 g/mol. The highest BCUT2D eigenvalue weighted by molar-refractivity contribution is 5.84. The van der Waals surface area contributed by atoms with Crippen LogP contribution in [0.2, 0.25) is 0 Å². The third kappa shape index (κ3) is 3.75. The van der Waals surface area contributed by atoms with Crippen LogP contribution >= 0.6 is 0 Å². The number of fused-ring (bicyclic) bond motifs is 2. The molecule has 3 amide bonds. The third-order valence-electron chi connectivity index (χ3n) is 6.67. The summed E-state index contributed by atoms with van der Waals surface area (Å²) in [5.74, 6) is 1.34. The Hall–Kier alpha value is -2.08. The Morgan fingerprint density at radius 3 is 2.61 bits per heavy atom. The molecule has 0 bridgehead atoms. The maximum Gasteiger partial charge on any atom is 0.317 e. The summed E-state index contributed by atoms with van der Waals surface area (Å²) in [4.78, 5) is 29.5. The number of likely N-dealkylation sites (tertiary alicyclic amines) is 2. The molecule has 1 spiro atoms. The Balaban J connectivity index is 1.33. The summed E-state index contributed by atoms with van der Waals surface area (Å²) >= 11 is 0. The van der Waals surface area contributed by atoms with Crippen LogP contribution < -0.4 is 10.6 Å². The van der Waals surface area contributed by atoms with Gasteiger partial charge >= 0.3 is 6.03 Å². The van der Waals surface area contributed by atoms with Gasteiger partial charge in [0.1, 0.15) is 0 Å². The monoisotopic (exact) mass is 384 g/mol. The first-order valence-electron chi connectivity index (χ1n) is 10.6. The molecule has 6 heteroatoms. The van der Waals surface area contributed by atoms with E-state index in [0.29, 0.717) is 31.5 Å². The van der Waals surface area contributed by atoms with Crippen molar-refractivity contribution in [2.24, 2.45) is 17.8 Å². The maximum absolute atomic E-state index is 12.6. The zero-order valence-corrected chi connectivity index (χ0v) is 17.0. The van der Waals surface area contributed by atoms with Crippen molar-refractivity contribution < 1.29 is 9.59 Å². The second-order valence-electron chi connectivity index (χ2n) is 9.10. The number of piperidine rings is 1. The van der Waals surface area contributed by atoms with Gasteiger partial charge in [0.15, 0.2) is 0 Å². The van der Waals surface area contributed by atoms with Gasteiger partial charge in [-0.3, -0.25) is 4.79 Å². The molecule has 4 rings (SSSR count). The number of nitrogens with one attached hydrogen (secondary N) is 2. The molecule has 152 valence electrons. The molecule has 2 atom stereocenters. The van der Waals surface area contributed by atoms with Crippen molar-refractivity contribution in [3.8, 4) is 0 Å². The predicted molar refractivity (Wildman–Crippen MR) is 109 cm³/mol. The van der Waals surface area contributed by atoms with Gasteiger partial charge in [-0.1, -0.05) is 44.2 Å². The Bertz CT molecular complexity index is 713. The normalized spacial score (nSPS) is 26.5. The SMILES string of the molecule is CC(C)CN1C[C@@H]2C(=O)NC3(CCN(C(=O)NCc4ccccc4)CC3)[C@@H]2C1. The van der Waals surface area contributed by atoms with Crippen molar-refractivity contribution in [3.05, 3.63) is 35.9 Å². The van der Waals surface area contributed by atoms with Crippen molar-refractivity contribution in [1.29, 1.82) is 0 Å². The summed E-state index contributed by atoms with van der Waals surface area (Å²) in [6.07, 6.45) is 1.71. The van der Waals surface area contributed by atoms with E-state index in [9.17, 15) is 9.59 Å². The van der Waals surface area contributed by atoms with Gasteiger partial charge in [-0.25, -0.2) is 4.79 Å². The van der Waals surface area contributed by atoms with E-state index >= 15 is 0 Å². The minimum absolute atomic E-state index is 0.00701. The first-order chi connectivity index (χ1) is 13.5. The van der Waals surface area contributed by atoms with Gasteiger partial charge in [0.25, 0.3) is 0 Å². The lowest BCUT2D eigenvalue weighted by molar-refractivity contribution is -0.123. The van der Waals surface area contributed by atoms with Crippen molar-refractivity contribution in [2.45, 2.75) is 38.8 Å². The summed E-state index contributed by atoms with van der Waals surface area (Å²) in [6, 6.07) is 9.97. The van der Waals surface area contributed by atoms with E-state index in [4.69, 9.17) is 0 Å². The van der Waals surface area contributed by atoms with Crippen LogP contribution in [0.5, 0.6) is 0 Å². The van der Waals surface area contributed by atoms with Gasteiger partial charge in [0.2, 0.25) is 5.91 Å². The van der Waals surface area contributed by atoms with Crippen LogP contribution in [0.1, 0.15) is 32.3 Å². The van der Waals surface area contributed by atoms with Crippen LogP contribution in [0.3, 0.4) is 0 Å². The fourth-order valence-corrected chi connectivity index (χ4v) is 5.30. The van der Waals surface area contributed by atoms with Gasteiger partial charge in [-0.15, -0.1) is 0 Å². The molecule has 0 radical (unpaired) electrons. The number of carbonyl (C=O) groups excluding carboxylic acids is 2. The second kappa shape index (κ2) is 7.74. The van der Waals surface area contributed by atoms with Crippen molar-refractivity contribution in [3.63, 3.8) is 0 Å². The van der Waals surface area contributed by atoms with E-state index in [-0.39, 0.29) is 23.4 Å². The summed E-state index contributed by atoms with van der Waals surface area (Å²) in [5.41, 5.74) is 0.982. The lowest BCUT2D eigenvalue weighted by Crippen LogP contribution is -2.57. The van der Waals surface area contributed by atoms with Crippen LogP contribution in [0.15, 0.2) is 30.3 Å². The number of hydrogen-bond donors (Lipinski definition) is 2. The molecule has 28 heavy (non-hydrogen) atoms. The lowest BCUT2D eigenvalue weighted by atomic mass is 9.75. The predicted octanol–water partition coefficient (Wildman–Crippen LogP) is 2.06. The van der Waals surface area contributed by atoms with E-state index in [2.05, 4.69) is 29.4 Å². The molecule has 3 aliphatic heterocycles. The number of nitrogens with zero attached hydrogens (tertiary/aromatic N) is 2. The molecule has 0 unspecified atom stereocenters. The topological polar surface area (TPSA) is 64.7 Å². The molecule has 2 N–H and O–H groups in total. The highest BCUT2D eigenvalue weighted by Gasteiger charge is 2.57. The summed E-state index contributed by atoms with van der Waals surface area (Å²) in [6.45, 7) is 9.37. The maximum atomic E-state index is 12.6. The van der Waals surface area contributed by atoms with Crippen LogP contribution in [-0.2, 0) is 11.3 Å². The quantitative estimate of drug-likeness (QED) is 0.835. The largest absolute Gasteiger partial charge is 0.350 e. The number of urea groups is 1. The number of rotatable bonds is 4. The van der Waals surface area contributed by atoms with Crippen molar-refractivity contribution >= 4 is 11.9 Å². The van der Waals surface area contributed by atoms with Crippen LogP contribution in [0, 0.1) is 17.8 Å². The van der Waals surface area contributed by atoms with Crippen LogP contribution in [0.4, 0.5) is 4.79 Å². The van der Waals surface area contributed by atoms with Crippen molar-refractivity contribution in [1.82, 2.24) is 20.4 Å². The minimum Gasteiger partial charge on any atom is -0.350 e. The average Bonchev–Trinajstić information content (AvgIpc) is 3.20. The Morgan fingerprint density at radius 1 is 1.21 bits per heavy atom. The standard InChI is InChI=1S/C22H32N4O2/c1-16(2)13-25-14-18-19(15-25)22(24-20(18)27)8-10-26(11-9-22)21(28)23-12-17-6-4-3-5-7-17/h3-7,16,18-19H,8-15H2,1-2H3,(H,23,28)(H,24,27)/t18-,19+/m0/s1. The van der Waals surface area contributed by atoms with E-state index in [0.717, 1.165) is 38.0 Å². The molecule has 3 aliphatic rings.